The molecule has 3 rings (SSSR count). The van der Waals surface area contributed by atoms with Crippen molar-refractivity contribution in [1.82, 2.24) is 0 Å². The molecular formula is C24H25NO5. The zero-order valence-corrected chi connectivity index (χ0v) is 17.2. The summed E-state index contributed by atoms with van der Waals surface area (Å²) in [7, 11) is 0. The molecule has 2 aromatic rings. The quantitative estimate of drug-likeness (QED) is 0.529. The maximum absolute atomic E-state index is 12.4. The van der Waals surface area contributed by atoms with Gasteiger partial charge in [0.05, 0.1) is 6.42 Å². The van der Waals surface area contributed by atoms with Crippen LogP contribution in [0.15, 0.2) is 42.5 Å². The van der Waals surface area contributed by atoms with Crippen LogP contribution in [0.5, 0.6) is 0 Å². The number of rotatable bonds is 8. The van der Waals surface area contributed by atoms with Gasteiger partial charge in [-0.25, -0.2) is 0 Å². The van der Waals surface area contributed by atoms with E-state index in [0.717, 1.165) is 19.3 Å². The first-order chi connectivity index (χ1) is 14.3. The smallest absolute Gasteiger partial charge is 0.307 e. The van der Waals surface area contributed by atoms with E-state index in [1.807, 2.05) is 18.2 Å². The summed E-state index contributed by atoms with van der Waals surface area (Å²) < 4.78 is 5.15. The number of esters is 1. The fourth-order valence-electron chi connectivity index (χ4n) is 3.45. The van der Waals surface area contributed by atoms with E-state index in [4.69, 9.17) is 4.74 Å². The number of carbonyl (C=O) groups is 4. The summed E-state index contributed by atoms with van der Waals surface area (Å²) in [6, 6.07) is 12.2. The fourth-order valence-corrected chi connectivity index (χ4v) is 3.45. The Labute approximate surface area is 175 Å². The third-order valence-electron chi connectivity index (χ3n) is 5.21. The second kappa shape index (κ2) is 9.48. The topological polar surface area (TPSA) is 89.5 Å². The predicted octanol–water partition coefficient (Wildman–Crippen LogP) is 3.91. The highest BCUT2D eigenvalue weighted by atomic mass is 16.5. The highest BCUT2D eigenvalue weighted by Crippen LogP contribution is 2.23. The molecule has 0 saturated carbocycles. The molecule has 1 N–H and O–H groups in total. The summed E-state index contributed by atoms with van der Waals surface area (Å²) in [5.74, 6) is -1.25. The predicted molar refractivity (Wildman–Crippen MR) is 113 cm³/mol. The van der Waals surface area contributed by atoms with Gasteiger partial charge in [-0.15, -0.1) is 0 Å². The van der Waals surface area contributed by atoms with Crippen LogP contribution in [0.4, 0.5) is 5.69 Å². The number of ketones is 2. The van der Waals surface area contributed by atoms with Gasteiger partial charge >= 0.3 is 5.97 Å². The number of hydrogen-bond donors (Lipinski definition) is 1. The van der Waals surface area contributed by atoms with Gasteiger partial charge in [0, 0.05) is 23.2 Å². The summed E-state index contributed by atoms with van der Waals surface area (Å²) in [5.41, 5.74) is 4.16. The van der Waals surface area contributed by atoms with E-state index >= 15 is 0 Å². The number of amides is 1. The van der Waals surface area contributed by atoms with Crippen LogP contribution in [0.2, 0.25) is 0 Å². The van der Waals surface area contributed by atoms with Crippen LogP contribution in [0.25, 0.3) is 0 Å². The zero-order chi connectivity index (χ0) is 21.7. The Morgan fingerprint density at radius 3 is 2.30 bits per heavy atom. The van der Waals surface area contributed by atoms with E-state index in [0.29, 0.717) is 16.8 Å². The lowest BCUT2D eigenvalue weighted by atomic mass is 10.0. The summed E-state index contributed by atoms with van der Waals surface area (Å²) >= 11 is 0. The summed E-state index contributed by atoms with van der Waals surface area (Å²) in [5, 5.41) is 2.63. The van der Waals surface area contributed by atoms with Crippen LogP contribution in [-0.4, -0.2) is 29.5 Å². The number of nitrogens with one attached hydrogen (secondary N) is 1. The number of hydrogen-bond acceptors (Lipinski definition) is 5. The molecule has 0 aliphatic heterocycles. The molecule has 30 heavy (non-hydrogen) atoms. The van der Waals surface area contributed by atoms with Crippen LogP contribution in [0.3, 0.4) is 0 Å². The van der Waals surface area contributed by atoms with Gasteiger partial charge in [0.1, 0.15) is 0 Å². The van der Waals surface area contributed by atoms with E-state index in [2.05, 4.69) is 5.32 Å². The Kier molecular flexibility index (Phi) is 6.77. The Morgan fingerprint density at radius 2 is 1.60 bits per heavy atom. The number of ether oxygens (including phenoxy) is 1. The SMILES string of the molecule is CC(=O)c1ccc(NC(=O)C(C)OC(=O)CCC(=O)c2ccc3c(c2)CCC3)cc1. The van der Waals surface area contributed by atoms with Crippen molar-refractivity contribution in [2.45, 2.75) is 52.1 Å². The van der Waals surface area contributed by atoms with E-state index < -0.39 is 18.0 Å². The second-order valence-electron chi connectivity index (χ2n) is 7.52. The molecule has 2 aromatic carbocycles. The lowest BCUT2D eigenvalue weighted by Crippen LogP contribution is -2.30. The van der Waals surface area contributed by atoms with E-state index in [9.17, 15) is 19.2 Å². The fraction of sp³-hybridized carbons (Fsp3) is 0.333. The first-order valence-electron chi connectivity index (χ1n) is 10.1. The summed E-state index contributed by atoms with van der Waals surface area (Å²) in [6.07, 6.45) is 2.11. The minimum atomic E-state index is -1.000. The molecule has 0 heterocycles. The van der Waals surface area contributed by atoms with Gasteiger partial charge < -0.3 is 10.1 Å². The molecule has 1 aliphatic carbocycles. The van der Waals surface area contributed by atoms with Crippen LogP contribution in [0, 0.1) is 0 Å². The summed E-state index contributed by atoms with van der Waals surface area (Å²) in [6.45, 7) is 2.93. The second-order valence-corrected chi connectivity index (χ2v) is 7.52. The molecule has 6 heteroatoms. The van der Waals surface area contributed by atoms with Crippen LogP contribution in [0.1, 0.15) is 65.0 Å². The molecular weight excluding hydrogens is 382 g/mol. The molecule has 1 atom stereocenters. The first kappa shape index (κ1) is 21.4. The van der Waals surface area contributed by atoms with Crippen molar-refractivity contribution in [1.29, 1.82) is 0 Å². The van der Waals surface area contributed by atoms with Crippen molar-refractivity contribution in [3.63, 3.8) is 0 Å². The summed E-state index contributed by atoms with van der Waals surface area (Å²) in [4.78, 5) is 47.9. The normalized spacial score (nSPS) is 13.3. The van der Waals surface area contributed by atoms with Gasteiger partial charge in [0.15, 0.2) is 17.7 Å². The molecule has 1 unspecified atom stereocenters. The zero-order valence-electron chi connectivity index (χ0n) is 17.2. The molecule has 1 aliphatic rings. The van der Waals surface area contributed by atoms with Crippen LogP contribution >= 0.6 is 0 Å². The third kappa shape index (κ3) is 5.41. The number of carbonyl (C=O) groups excluding carboxylic acids is 4. The third-order valence-corrected chi connectivity index (χ3v) is 5.21. The van der Waals surface area contributed by atoms with Gasteiger partial charge in [-0.05, 0) is 74.6 Å². The highest BCUT2D eigenvalue weighted by Gasteiger charge is 2.20. The van der Waals surface area contributed by atoms with Crippen molar-refractivity contribution < 1.29 is 23.9 Å². The van der Waals surface area contributed by atoms with Crippen LogP contribution < -0.4 is 5.32 Å². The Balaban J connectivity index is 1.46. The molecule has 0 fully saturated rings. The Hall–Kier alpha value is -3.28. The highest BCUT2D eigenvalue weighted by molar-refractivity contribution is 5.99. The van der Waals surface area contributed by atoms with E-state index in [1.165, 1.54) is 25.0 Å². The van der Waals surface area contributed by atoms with Gasteiger partial charge in [0.25, 0.3) is 5.91 Å². The lowest BCUT2D eigenvalue weighted by molar-refractivity contribution is -0.153. The van der Waals surface area contributed by atoms with Crippen LogP contribution in [-0.2, 0) is 27.2 Å². The maximum atomic E-state index is 12.4. The van der Waals surface area contributed by atoms with Gasteiger partial charge in [-0.1, -0.05) is 12.1 Å². The minimum Gasteiger partial charge on any atom is -0.453 e. The molecule has 0 spiro atoms. The largest absolute Gasteiger partial charge is 0.453 e. The number of fused-ring (bicyclic) bond motifs is 1. The van der Waals surface area contributed by atoms with Crippen molar-refractivity contribution in [2.75, 3.05) is 5.32 Å². The Bertz CT molecular complexity index is 978. The number of anilines is 1. The van der Waals surface area contributed by atoms with Gasteiger partial charge in [-0.2, -0.15) is 0 Å². The van der Waals surface area contributed by atoms with Gasteiger partial charge in [-0.3, -0.25) is 19.2 Å². The molecule has 0 saturated heterocycles. The van der Waals surface area contributed by atoms with Gasteiger partial charge in [0.2, 0.25) is 0 Å². The monoisotopic (exact) mass is 407 g/mol. The minimum absolute atomic E-state index is 0.0401. The molecule has 0 bridgehead atoms. The average molecular weight is 407 g/mol. The molecule has 1 amide bonds. The average Bonchev–Trinajstić information content (AvgIpc) is 3.20. The van der Waals surface area contributed by atoms with E-state index in [-0.39, 0.29) is 24.4 Å². The standard InChI is InChI=1S/C24H25NO5/c1-15(26)17-8-10-21(11-9-17)25-24(29)16(2)30-23(28)13-12-22(27)20-7-6-18-4-3-5-19(18)14-20/h6-11,14,16H,3-5,12-13H2,1-2H3,(H,25,29). The van der Waals surface area contributed by atoms with E-state index in [1.54, 1.807) is 24.3 Å². The maximum Gasteiger partial charge on any atom is 0.307 e. The number of aryl methyl sites for hydroxylation is 2. The molecule has 0 radical (unpaired) electrons. The van der Waals surface area contributed by atoms with Crippen molar-refractivity contribution in [2.24, 2.45) is 0 Å². The van der Waals surface area contributed by atoms with Crippen molar-refractivity contribution >= 4 is 29.1 Å². The molecule has 6 nitrogen and oxygen atoms in total. The number of Topliss-reactive ketones (excluding diaryl/α,β-unsaturated/α-hetero) is 2. The molecule has 156 valence electrons. The van der Waals surface area contributed by atoms with Crippen molar-refractivity contribution in [3.05, 3.63) is 64.7 Å². The van der Waals surface area contributed by atoms with Crippen molar-refractivity contribution in [3.8, 4) is 0 Å². The molecule has 0 aromatic heterocycles. The first-order valence-corrected chi connectivity index (χ1v) is 10.1. The number of benzene rings is 2. The lowest BCUT2D eigenvalue weighted by Gasteiger charge is -2.13. The Morgan fingerprint density at radius 1 is 0.933 bits per heavy atom.